The van der Waals surface area contributed by atoms with Crippen LogP contribution in [0.25, 0.3) is 0 Å². The average molecular weight is 182 g/mol. The van der Waals surface area contributed by atoms with Gasteiger partial charge in [-0.15, -0.1) is 0 Å². The fraction of sp³-hybridized carbons (Fsp3) is 1.00. The highest BCUT2D eigenvalue weighted by Gasteiger charge is 2.19. The maximum atomic E-state index is 3.50. The third-order valence-electron chi connectivity index (χ3n) is 3.46. The van der Waals surface area contributed by atoms with Gasteiger partial charge in [-0.05, 0) is 70.1 Å². The molecule has 2 unspecified atom stereocenters. The van der Waals surface area contributed by atoms with E-state index >= 15 is 0 Å². The monoisotopic (exact) mass is 182 g/mol. The molecule has 2 saturated heterocycles. The molecule has 0 saturated carbocycles. The van der Waals surface area contributed by atoms with Crippen molar-refractivity contribution in [2.75, 3.05) is 26.2 Å². The molecule has 13 heavy (non-hydrogen) atoms. The largest absolute Gasteiger partial charge is 0.316 e. The van der Waals surface area contributed by atoms with Gasteiger partial charge in [-0.25, -0.2) is 0 Å². The summed E-state index contributed by atoms with van der Waals surface area (Å²) in [5.41, 5.74) is 0. The Bertz CT molecular complexity index is 119. The maximum Gasteiger partial charge on any atom is -0.00204 e. The van der Waals surface area contributed by atoms with Crippen LogP contribution in [0.2, 0.25) is 0 Å². The molecule has 2 aliphatic heterocycles. The van der Waals surface area contributed by atoms with E-state index in [2.05, 4.69) is 10.6 Å². The first-order chi connectivity index (χ1) is 6.45. The van der Waals surface area contributed by atoms with Crippen molar-refractivity contribution in [2.24, 2.45) is 11.8 Å². The second-order valence-electron chi connectivity index (χ2n) is 4.66. The number of rotatable bonds is 2. The van der Waals surface area contributed by atoms with Crippen LogP contribution >= 0.6 is 0 Å². The molecular weight excluding hydrogens is 160 g/mol. The maximum absolute atomic E-state index is 3.50. The van der Waals surface area contributed by atoms with Crippen LogP contribution in [0.4, 0.5) is 0 Å². The molecule has 2 fully saturated rings. The van der Waals surface area contributed by atoms with Gasteiger partial charge in [0, 0.05) is 0 Å². The minimum Gasteiger partial charge on any atom is -0.316 e. The van der Waals surface area contributed by atoms with E-state index in [1.54, 1.807) is 0 Å². The van der Waals surface area contributed by atoms with Crippen LogP contribution in [-0.4, -0.2) is 26.2 Å². The van der Waals surface area contributed by atoms with Crippen molar-refractivity contribution in [3.63, 3.8) is 0 Å². The lowest BCUT2D eigenvalue weighted by Crippen LogP contribution is -2.35. The lowest BCUT2D eigenvalue weighted by atomic mass is 9.85. The molecule has 0 aromatic rings. The molecule has 2 aliphatic rings. The number of hydrogen-bond acceptors (Lipinski definition) is 2. The molecule has 2 atom stereocenters. The van der Waals surface area contributed by atoms with E-state index < -0.39 is 0 Å². The Balaban J connectivity index is 1.69. The molecule has 2 N–H and O–H groups in total. The third kappa shape index (κ3) is 2.96. The molecular formula is C11H22N2. The Morgan fingerprint density at radius 1 is 0.846 bits per heavy atom. The summed E-state index contributed by atoms with van der Waals surface area (Å²) >= 11 is 0. The highest BCUT2D eigenvalue weighted by molar-refractivity contribution is 4.76. The lowest BCUT2D eigenvalue weighted by molar-refractivity contribution is 0.265. The van der Waals surface area contributed by atoms with Gasteiger partial charge in [0.2, 0.25) is 0 Å². The smallest absolute Gasteiger partial charge is 0.00204 e. The molecule has 0 radical (unpaired) electrons. The summed E-state index contributed by atoms with van der Waals surface area (Å²) in [6.45, 7) is 5.05. The third-order valence-corrected chi connectivity index (χ3v) is 3.46. The average Bonchev–Trinajstić information content (AvgIpc) is 2.21. The van der Waals surface area contributed by atoms with Gasteiger partial charge >= 0.3 is 0 Å². The fourth-order valence-corrected chi connectivity index (χ4v) is 2.72. The zero-order chi connectivity index (χ0) is 8.93. The van der Waals surface area contributed by atoms with E-state index in [1.807, 2.05) is 0 Å². The summed E-state index contributed by atoms with van der Waals surface area (Å²) in [5, 5.41) is 7.01. The van der Waals surface area contributed by atoms with Gasteiger partial charge in [-0.3, -0.25) is 0 Å². The predicted octanol–water partition coefficient (Wildman–Crippen LogP) is 1.38. The molecule has 0 aromatic carbocycles. The van der Waals surface area contributed by atoms with E-state index in [9.17, 15) is 0 Å². The number of piperidine rings is 2. The summed E-state index contributed by atoms with van der Waals surface area (Å²) in [4.78, 5) is 0. The Hall–Kier alpha value is -0.0800. The van der Waals surface area contributed by atoms with Crippen LogP contribution < -0.4 is 10.6 Å². The summed E-state index contributed by atoms with van der Waals surface area (Å²) < 4.78 is 0. The van der Waals surface area contributed by atoms with E-state index in [0.29, 0.717) is 0 Å². The Morgan fingerprint density at radius 2 is 1.38 bits per heavy atom. The molecule has 76 valence electrons. The van der Waals surface area contributed by atoms with Crippen LogP contribution in [-0.2, 0) is 0 Å². The second-order valence-corrected chi connectivity index (χ2v) is 4.66. The van der Waals surface area contributed by atoms with Crippen molar-refractivity contribution in [3.8, 4) is 0 Å². The van der Waals surface area contributed by atoms with Crippen molar-refractivity contribution in [2.45, 2.75) is 32.1 Å². The van der Waals surface area contributed by atoms with Crippen molar-refractivity contribution < 1.29 is 0 Å². The van der Waals surface area contributed by atoms with Crippen LogP contribution in [0.1, 0.15) is 32.1 Å². The highest BCUT2D eigenvalue weighted by Crippen LogP contribution is 2.23. The van der Waals surface area contributed by atoms with E-state index in [4.69, 9.17) is 0 Å². The van der Waals surface area contributed by atoms with Gasteiger partial charge in [0.05, 0.1) is 0 Å². The summed E-state index contributed by atoms with van der Waals surface area (Å²) in [6.07, 6.45) is 7.17. The van der Waals surface area contributed by atoms with Crippen molar-refractivity contribution >= 4 is 0 Å². The fourth-order valence-electron chi connectivity index (χ4n) is 2.72. The van der Waals surface area contributed by atoms with Gasteiger partial charge < -0.3 is 10.6 Å². The quantitative estimate of drug-likeness (QED) is 0.674. The molecule has 0 spiro atoms. The summed E-state index contributed by atoms with van der Waals surface area (Å²) in [7, 11) is 0. The van der Waals surface area contributed by atoms with Crippen molar-refractivity contribution in [3.05, 3.63) is 0 Å². The predicted molar refractivity (Wildman–Crippen MR) is 55.8 cm³/mol. The standard InChI is InChI=1S/C11H22N2/c1-3-10(8-12-5-1)7-11-4-2-6-13-9-11/h10-13H,1-9H2. The Morgan fingerprint density at radius 3 is 1.77 bits per heavy atom. The highest BCUT2D eigenvalue weighted by atomic mass is 14.9. The minimum atomic E-state index is 0.971. The van der Waals surface area contributed by atoms with Gasteiger partial charge in [0.15, 0.2) is 0 Å². The van der Waals surface area contributed by atoms with E-state index in [1.165, 1.54) is 58.3 Å². The van der Waals surface area contributed by atoms with Gasteiger partial charge in [-0.2, -0.15) is 0 Å². The van der Waals surface area contributed by atoms with Crippen molar-refractivity contribution in [1.82, 2.24) is 10.6 Å². The summed E-state index contributed by atoms with van der Waals surface area (Å²) in [6, 6.07) is 0. The second kappa shape index (κ2) is 4.97. The van der Waals surface area contributed by atoms with Crippen LogP contribution in [0.15, 0.2) is 0 Å². The molecule has 0 aliphatic carbocycles. The van der Waals surface area contributed by atoms with Gasteiger partial charge in [0.1, 0.15) is 0 Å². The number of nitrogens with one attached hydrogen (secondary N) is 2. The van der Waals surface area contributed by atoms with Gasteiger partial charge in [0.25, 0.3) is 0 Å². The van der Waals surface area contributed by atoms with E-state index in [-0.39, 0.29) is 0 Å². The van der Waals surface area contributed by atoms with E-state index in [0.717, 1.165) is 11.8 Å². The molecule has 0 aromatic heterocycles. The van der Waals surface area contributed by atoms with Crippen molar-refractivity contribution in [1.29, 1.82) is 0 Å². The lowest BCUT2D eigenvalue weighted by Gasteiger charge is -2.29. The first-order valence-corrected chi connectivity index (χ1v) is 5.86. The Labute approximate surface area is 81.5 Å². The molecule has 0 amide bonds. The molecule has 2 heteroatoms. The molecule has 2 heterocycles. The normalized spacial score (nSPS) is 36.0. The first-order valence-electron chi connectivity index (χ1n) is 5.86. The zero-order valence-electron chi connectivity index (χ0n) is 8.52. The minimum absolute atomic E-state index is 0.971. The SMILES string of the molecule is C1CNCC(CC2CCCNC2)C1. The van der Waals surface area contributed by atoms with Crippen LogP contribution in [0.3, 0.4) is 0 Å². The molecule has 2 rings (SSSR count). The summed E-state index contributed by atoms with van der Waals surface area (Å²) in [5.74, 6) is 1.94. The Kier molecular flexibility index (Phi) is 3.62. The topological polar surface area (TPSA) is 24.1 Å². The molecule has 0 bridgehead atoms. The number of hydrogen-bond donors (Lipinski definition) is 2. The molecule has 2 nitrogen and oxygen atoms in total. The van der Waals surface area contributed by atoms with Crippen LogP contribution in [0, 0.1) is 11.8 Å². The van der Waals surface area contributed by atoms with Crippen LogP contribution in [0.5, 0.6) is 0 Å². The zero-order valence-corrected chi connectivity index (χ0v) is 8.52. The first kappa shape index (κ1) is 9.47. The van der Waals surface area contributed by atoms with Gasteiger partial charge in [-0.1, -0.05) is 0 Å².